The Balaban J connectivity index is 1.29. The Morgan fingerprint density at radius 1 is 1.12 bits per heavy atom. The lowest BCUT2D eigenvalue weighted by Crippen LogP contribution is -2.48. The van der Waals surface area contributed by atoms with Gasteiger partial charge in [0, 0.05) is 43.1 Å². The van der Waals surface area contributed by atoms with Crippen LogP contribution in [0.1, 0.15) is 24.0 Å². The second-order valence-corrected chi connectivity index (χ2v) is 8.00. The van der Waals surface area contributed by atoms with Crippen LogP contribution in [-0.2, 0) is 12.8 Å². The van der Waals surface area contributed by atoms with E-state index >= 15 is 0 Å². The molecule has 1 fully saturated rings. The Kier molecular flexibility index (Phi) is 4.82. The number of hydrogen-bond acceptors (Lipinski definition) is 4. The van der Waals surface area contributed by atoms with Crippen molar-refractivity contribution >= 4 is 11.6 Å². The number of nitrogens with zero attached hydrogens (tertiary/aromatic N) is 1. The number of ether oxygens (including phenoxy) is 1. The van der Waals surface area contributed by atoms with Gasteiger partial charge >= 0.3 is 0 Å². The molecule has 2 aromatic rings. The number of aromatic hydroxyl groups is 1. The molecule has 1 unspecified atom stereocenters. The van der Waals surface area contributed by atoms with Crippen LogP contribution < -0.4 is 4.74 Å². The van der Waals surface area contributed by atoms with Gasteiger partial charge in [-0.2, -0.15) is 0 Å². The maximum Gasteiger partial charge on any atom is 0.123 e. The van der Waals surface area contributed by atoms with Crippen molar-refractivity contribution in [2.45, 2.75) is 37.4 Å². The molecule has 2 aromatic carbocycles. The van der Waals surface area contributed by atoms with Crippen molar-refractivity contribution in [1.29, 1.82) is 0 Å². The molecule has 0 aromatic heterocycles. The molecule has 1 atom stereocenters. The lowest BCUT2D eigenvalue weighted by atomic mass is 9.85. The Morgan fingerprint density at radius 3 is 2.58 bits per heavy atom. The van der Waals surface area contributed by atoms with E-state index in [-0.39, 0.29) is 6.10 Å². The average Bonchev–Trinajstić information content (AvgIpc) is 3.01. The lowest BCUT2D eigenvalue weighted by molar-refractivity contribution is -0.0264. The van der Waals surface area contributed by atoms with E-state index < -0.39 is 5.60 Å². The van der Waals surface area contributed by atoms with E-state index in [2.05, 4.69) is 4.90 Å². The maximum atomic E-state index is 10.9. The Morgan fingerprint density at radius 2 is 1.85 bits per heavy atom. The van der Waals surface area contributed by atoms with Crippen LogP contribution in [-0.4, -0.2) is 46.5 Å². The number of hydrogen-bond donors (Lipinski definition) is 2. The van der Waals surface area contributed by atoms with E-state index in [1.54, 1.807) is 12.1 Å². The molecule has 138 valence electrons. The molecule has 0 spiro atoms. The van der Waals surface area contributed by atoms with Crippen LogP contribution >= 0.6 is 11.6 Å². The summed E-state index contributed by atoms with van der Waals surface area (Å²) in [5, 5.41) is 21.2. The minimum atomic E-state index is -0.643. The van der Waals surface area contributed by atoms with Crippen LogP contribution in [0.3, 0.4) is 0 Å². The van der Waals surface area contributed by atoms with Crippen molar-refractivity contribution < 1.29 is 14.9 Å². The van der Waals surface area contributed by atoms with Gasteiger partial charge in [0.05, 0.1) is 5.60 Å². The van der Waals surface area contributed by atoms with Crippen molar-refractivity contribution in [2.75, 3.05) is 19.6 Å². The molecule has 1 saturated heterocycles. The minimum Gasteiger partial charge on any atom is -0.508 e. The molecule has 2 aliphatic heterocycles. The average molecular weight is 374 g/mol. The van der Waals surface area contributed by atoms with Crippen LogP contribution in [0.15, 0.2) is 42.5 Å². The first kappa shape index (κ1) is 17.7. The first-order valence-corrected chi connectivity index (χ1v) is 9.55. The first-order valence-electron chi connectivity index (χ1n) is 9.17. The predicted octanol–water partition coefficient (Wildman–Crippen LogP) is 3.42. The summed E-state index contributed by atoms with van der Waals surface area (Å²) in [4.78, 5) is 2.37. The third-order valence-corrected chi connectivity index (χ3v) is 5.73. The second kappa shape index (κ2) is 7.10. The van der Waals surface area contributed by atoms with Gasteiger partial charge in [0.2, 0.25) is 0 Å². The molecule has 2 aliphatic rings. The van der Waals surface area contributed by atoms with Crippen LogP contribution in [0.4, 0.5) is 0 Å². The van der Waals surface area contributed by atoms with Crippen LogP contribution in [0.5, 0.6) is 11.5 Å². The zero-order valence-corrected chi connectivity index (χ0v) is 15.5. The number of piperidine rings is 1. The summed E-state index contributed by atoms with van der Waals surface area (Å²) in [6.07, 6.45) is 3.14. The van der Waals surface area contributed by atoms with Crippen molar-refractivity contribution in [2.24, 2.45) is 0 Å². The highest BCUT2D eigenvalue weighted by atomic mass is 35.5. The van der Waals surface area contributed by atoms with E-state index in [1.165, 1.54) is 0 Å². The summed E-state index contributed by atoms with van der Waals surface area (Å²) >= 11 is 5.94. The summed E-state index contributed by atoms with van der Waals surface area (Å²) in [6.45, 7) is 2.59. The van der Waals surface area contributed by atoms with Gasteiger partial charge in [-0.25, -0.2) is 0 Å². The molecule has 0 amide bonds. The Hall–Kier alpha value is -1.75. The highest BCUT2D eigenvalue weighted by Gasteiger charge is 2.34. The fourth-order valence-electron chi connectivity index (χ4n) is 4.01. The molecule has 5 heteroatoms. The number of phenols is 1. The number of aliphatic hydroxyl groups is 1. The van der Waals surface area contributed by atoms with Crippen LogP contribution in [0.25, 0.3) is 0 Å². The van der Waals surface area contributed by atoms with Gasteiger partial charge in [0.15, 0.2) is 0 Å². The number of likely N-dealkylation sites (tertiary alicyclic amines) is 1. The van der Waals surface area contributed by atoms with E-state index in [9.17, 15) is 10.2 Å². The number of halogens is 1. The fourth-order valence-corrected chi connectivity index (χ4v) is 4.13. The maximum absolute atomic E-state index is 10.9. The van der Waals surface area contributed by atoms with Crippen molar-refractivity contribution in [3.8, 4) is 11.5 Å². The molecule has 2 heterocycles. The molecule has 4 nitrogen and oxygen atoms in total. The summed E-state index contributed by atoms with van der Waals surface area (Å²) in [5.74, 6) is 1.17. The molecule has 4 rings (SSSR count). The fraction of sp³-hybridized carbons (Fsp3) is 0.429. The standard InChI is InChI=1S/C21H24ClNO3/c22-17-3-1-15(2-4-17)13-21(25)7-9-23(10-8-21)14-19-12-16-11-18(24)5-6-20(16)26-19/h1-6,11,19,24-25H,7-10,12-14H2. The molecule has 0 saturated carbocycles. The van der Waals surface area contributed by atoms with Crippen LogP contribution in [0, 0.1) is 0 Å². The van der Waals surface area contributed by atoms with E-state index in [4.69, 9.17) is 16.3 Å². The Bertz CT molecular complexity index is 769. The number of fused-ring (bicyclic) bond motifs is 1. The summed E-state index contributed by atoms with van der Waals surface area (Å²) in [7, 11) is 0. The highest BCUT2D eigenvalue weighted by molar-refractivity contribution is 6.30. The van der Waals surface area contributed by atoms with E-state index in [0.29, 0.717) is 12.2 Å². The van der Waals surface area contributed by atoms with Crippen LogP contribution in [0.2, 0.25) is 5.02 Å². The third-order valence-electron chi connectivity index (χ3n) is 5.48. The van der Waals surface area contributed by atoms with Gasteiger partial charge < -0.3 is 14.9 Å². The van der Waals surface area contributed by atoms with Crippen molar-refractivity contribution in [3.05, 3.63) is 58.6 Å². The minimum absolute atomic E-state index is 0.120. The third kappa shape index (κ3) is 3.98. The number of phenolic OH excluding ortho intramolecular Hbond substituents is 1. The summed E-state index contributed by atoms with van der Waals surface area (Å²) in [5.41, 5.74) is 1.56. The van der Waals surface area contributed by atoms with E-state index in [1.807, 2.05) is 30.3 Å². The molecular formula is C21H24ClNO3. The zero-order valence-electron chi connectivity index (χ0n) is 14.7. The van der Waals surface area contributed by atoms with Crippen molar-refractivity contribution in [3.63, 3.8) is 0 Å². The topological polar surface area (TPSA) is 52.9 Å². The molecule has 2 N–H and O–H groups in total. The second-order valence-electron chi connectivity index (χ2n) is 7.56. The SMILES string of the molecule is Oc1ccc2c(c1)CC(CN1CCC(O)(Cc3ccc(Cl)cc3)CC1)O2. The number of benzene rings is 2. The van der Waals surface area contributed by atoms with Crippen molar-refractivity contribution in [1.82, 2.24) is 4.90 Å². The highest BCUT2D eigenvalue weighted by Crippen LogP contribution is 2.33. The monoisotopic (exact) mass is 373 g/mol. The van der Waals surface area contributed by atoms with Gasteiger partial charge in [-0.1, -0.05) is 23.7 Å². The smallest absolute Gasteiger partial charge is 0.123 e. The summed E-state index contributed by atoms with van der Waals surface area (Å²) in [6, 6.07) is 13.0. The molecule has 26 heavy (non-hydrogen) atoms. The quantitative estimate of drug-likeness (QED) is 0.862. The number of rotatable bonds is 4. The van der Waals surface area contributed by atoms with Gasteiger partial charge in [-0.05, 0) is 48.7 Å². The zero-order chi connectivity index (χ0) is 18.1. The predicted molar refractivity (Wildman–Crippen MR) is 102 cm³/mol. The molecular weight excluding hydrogens is 350 g/mol. The molecule has 0 radical (unpaired) electrons. The molecule has 0 aliphatic carbocycles. The van der Waals surface area contributed by atoms with Gasteiger partial charge in [-0.15, -0.1) is 0 Å². The van der Waals surface area contributed by atoms with Gasteiger partial charge in [-0.3, -0.25) is 4.90 Å². The molecule has 0 bridgehead atoms. The largest absolute Gasteiger partial charge is 0.508 e. The van der Waals surface area contributed by atoms with Gasteiger partial charge in [0.25, 0.3) is 0 Å². The normalized spacial score (nSPS) is 22.0. The lowest BCUT2D eigenvalue weighted by Gasteiger charge is -2.39. The summed E-state index contributed by atoms with van der Waals surface area (Å²) < 4.78 is 6.00. The Labute approximate surface area is 159 Å². The van der Waals surface area contributed by atoms with E-state index in [0.717, 1.165) is 60.8 Å². The van der Waals surface area contributed by atoms with Gasteiger partial charge in [0.1, 0.15) is 17.6 Å². The first-order chi connectivity index (χ1) is 12.5.